The van der Waals surface area contributed by atoms with Crippen LogP contribution >= 0.6 is 0 Å². The van der Waals surface area contributed by atoms with Crippen LogP contribution in [0.5, 0.6) is 5.75 Å². The highest BCUT2D eigenvalue weighted by Crippen LogP contribution is 2.20. The van der Waals surface area contributed by atoms with Crippen LogP contribution in [0.1, 0.15) is 24.8 Å². The summed E-state index contributed by atoms with van der Waals surface area (Å²) >= 11 is 0. The van der Waals surface area contributed by atoms with Crippen molar-refractivity contribution in [2.75, 3.05) is 33.5 Å². The van der Waals surface area contributed by atoms with Crippen molar-refractivity contribution >= 4 is 0 Å². The van der Waals surface area contributed by atoms with Gasteiger partial charge in [0.05, 0.1) is 6.10 Å². The van der Waals surface area contributed by atoms with Crippen LogP contribution in [0.25, 0.3) is 0 Å². The topological polar surface area (TPSA) is 39.7 Å². The molecule has 1 aliphatic heterocycles. The van der Waals surface area contributed by atoms with E-state index in [1.54, 1.807) is 7.11 Å². The molecule has 1 heterocycles. The van der Waals surface area contributed by atoms with E-state index in [0.29, 0.717) is 6.61 Å². The molecule has 1 aromatic rings. The molecule has 0 spiro atoms. The van der Waals surface area contributed by atoms with Gasteiger partial charge in [0.15, 0.2) is 0 Å². The summed E-state index contributed by atoms with van der Waals surface area (Å²) in [5.41, 5.74) is 1.20. The molecule has 2 rings (SSSR count). The summed E-state index contributed by atoms with van der Waals surface area (Å²) < 4.78 is 16.5. The van der Waals surface area contributed by atoms with E-state index in [-0.39, 0.29) is 6.10 Å². The summed E-state index contributed by atoms with van der Waals surface area (Å²) in [5, 5.41) is 3.41. The summed E-state index contributed by atoms with van der Waals surface area (Å²) in [6, 6.07) is 8.19. The molecule has 0 aliphatic carbocycles. The Morgan fingerprint density at radius 1 is 1.35 bits per heavy atom. The molecule has 0 aromatic heterocycles. The molecule has 0 radical (unpaired) electrons. The molecule has 1 saturated heterocycles. The quantitative estimate of drug-likeness (QED) is 0.705. The summed E-state index contributed by atoms with van der Waals surface area (Å²) in [7, 11) is 1.73. The number of ether oxygens (including phenoxy) is 3. The fourth-order valence-corrected chi connectivity index (χ4v) is 2.31. The minimum atomic E-state index is 0.262. The van der Waals surface area contributed by atoms with Gasteiger partial charge in [-0.15, -0.1) is 0 Å². The van der Waals surface area contributed by atoms with Gasteiger partial charge in [0.25, 0.3) is 0 Å². The Bertz CT molecular complexity index is 378. The highest BCUT2D eigenvalue weighted by atomic mass is 16.5. The van der Waals surface area contributed by atoms with Gasteiger partial charge < -0.3 is 19.5 Å². The predicted octanol–water partition coefficient (Wildman–Crippen LogP) is 2.37. The molecule has 1 fully saturated rings. The number of nitrogens with one attached hydrogen (secondary N) is 1. The second-order valence-corrected chi connectivity index (χ2v) is 5.08. The normalized spacial score (nSPS) is 18.4. The first kappa shape index (κ1) is 15.3. The highest BCUT2D eigenvalue weighted by Gasteiger charge is 2.16. The van der Waals surface area contributed by atoms with Gasteiger partial charge in [0, 0.05) is 32.4 Å². The molecule has 1 atom stereocenters. The molecule has 1 aliphatic rings. The first-order valence-electron chi connectivity index (χ1n) is 7.42. The predicted molar refractivity (Wildman–Crippen MR) is 79.1 cm³/mol. The first-order valence-corrected chi connectivity index (χ1v) is 7.42. The second kappa shape index (κ2) is 8.95. The average molecular weight is 279 g/mol. The fourth-order valence-electron chi connectivity index (χ4n) is 2.31. The van der Waals surface area contributed by atoms with E-state index in [9.17, 15) is 0 Å². The Kier molecular flexibility index (Phi) is 6.84. The van der Waals surface area contributed by atoms with Crippen molar-refractivity contribution in [1.29, 1.82) is 0 Å². The number of methoxy groups -OCH3 is 1. The van der Waals surface area contributed by atoms with Gasteiger partial charge in [-0.05, 0) is 31.9 Å². The van der Waals surface area contributed by atoms with Gasteiger partial charge >= 0.3 is 0 Å². The molecule has 1 aromatic carbocycles. The maximum atomic E-state index is 5.91. The van der Waals surface area contributed by atoms with Crippen LogP contribution in [-0.4, -0.2) is 39.6 Å². The number of rotatable bonds is 9. The molecule has 0 amide bonds. The fraction of sp³-hybridized carbons (Fsp3) is 0.625. The number of benzene rings is 1. The molecule has 1 N–H and O–H groups in total. The van der Waals surface area contributed by atoms with Gasteiger partial charge in [-0.1, -0.05) is 18.2 Å². The van der Waals surface area contributed by atoms with Gasteiger partial charge in [-0.3, -0.25) is 0 Å². The molecular weight excluding hydrogens is 254 g/mol. The minimum absolute atomic E-state index is 0.262. The molecule has 112 valence electrons. The molecule has 0 saturated carbocycles. The van der Waals surface area contributed by atoms with Crippen LogP contribution in [-0.2, 0) is 16.0 Å². The largest absolute Gasteiger partial charge is 0.491 e. The van der Waals surface area contributed by atoms with Crippen molar-refractivity contribution in [1.82, 2.24) is 5.32 Å². The smallest absolute Gasteiger partial charge is 0.123 e. The highest BCUT2D eigenvalue weighted by molar-refractivity contribution is 5.33. The van der Waals surface area contributed by atoms with Crippen LogP contribution in [0.15, 0.2) is 24.3 Å². The van der Waals surface area contributed by atoms with E-state index in [1.165, 1.54) is 5.56 Å². The van der Waals surface area contributed by atoms with E-state index >= 15 is 0 Å². The van der Waals surface area contributed by atoms with Gasteiger partial charge in [0.1, 0.15) is 12.4 Å². The zero-order chi connectivity index (χ0) is 14.0. The van der Waals surface area contributed by atoms with E-state index in [0.717, 1.165) is 51.3 Å². The van der Waals surface area contributed by atoms with Crippen molar-refractivity contribution in [2.24, 2.45) is 0 Å². The van der Waals surface area contributed by atoms with E-state index < -0.39 is 0 Å². The van der Waals surface area contributed by atoms with Crippen LogP contribution < -0.4 is 10.1 Å². The third-order valence-electron chi connectivity index (χ3n) is 3.44. The standard InChI is InChI=1S/C16H25NO3/c1-18-10-5-9-17-12-14-6-2-3-8-16(14)20-13-15-7-4-11-19-15/h2-3,6,8,15,17H,4-5,7,9-13H2,1H3. The lowest BCUT2D eigenvalue weighted by molar-refractivity contribution is 0.0676. The molecule has 0 bridgehead atoms. The van der Waals surface area contributed by atoms with Crippen molar-refractivity contribution in [3.8, 4) is 5.75 Å². The summed E-state index contributed by atoms with van der Waals surface area (Å²) in [4.78, 5) is 0. The lowest BCUT2D eigenvalue weighted by Crippen LogP contribution is -2.19. The SMILES string of the molecule is COCCCNCc1ccccc1OCC1CCCO1. The summed E-state index contributed by atoms with van der Waals surface area (Å²) in [6.07, 6.45) is 3.54. The Balaban J connectivity index is 1.76. The lowest BCUT2D eigenvalue weighted by Gasteiger charge is -2.15. The van der Waals surface area contributed by atoms with Crippen LogP contribution in [0.3, 0.4) is 0 Å². The van der Waals surface area contributed by atoms with Crippen molar-refractivity contribution in [3.05, 3.63) is 29.8 Å². The third-order valence-corrected chi connectivity index (χ3v) is 3.44. The van der Waals surface area contributed by atoms with Crippen molar-refractivity contribution in [3.63, 3.8) is 0 Å². The molecular formula is C16H25NO3. The maximum absolute atomic E-state index is 5.91. The zero-order valence-corrected chi connectivity index (χ0v) is 12.3. The van der Waals surface area contributed by atoms with Gasteiger partial charge in [-0.25, -0.2) is 0 Å². The first-order chi connectivity index (χ1) is 9.90. The number of hydrogen-bond donors (Lipinski definition) is 1. The number of para-hydroxylation sites is 1. The maximum Gasteiger partial charge on any atom is 0.123 e. The number of hydrogen-bond acceptors (Lipinski definition) is 4. The van der Waals surface area contributed by atoms with Crippen molar-refractivity contribution in [2.45, 2.75) is 31.9 Å². The van der Waals surface area contributed by atoms with Crippen LogP contribution in [0.2, 0.25) is 0 Å². The minimum Gasteiger partial charge on any atom is -0.491 e. The Hall–Kier alpha value is -1.10. The third kappa shape index (κ3) is 5.12. The van der Waals surface area contributed by atoms with E-state index in [1.807, 2.05) is 18.2 Å². The van der Waals surface area contributed by atoms with E-state index in [4.69, 9.17) is 14.2 Å². The zero-order valence-electron chi connectivity index (χ0n) is 12.3. The Labute approximate surface area is 121 Å². The Morgan fingerprint density at radius 3 is 3.05 bits per heavy atom. The Morgan fingerprint density at radius 2 is 2.25 bits per heavy atom. The van der Waals surface area contributed by atoms with Gasteiger partial charge in [-0.2, -0.15) is 0 Å². The van der Waals surface area contributed by atoms with E-state index in [2.05, 4.69) is 11.4 Å². The van der Waals surface area contributed by atoms with Gasteiger partial charge in [0.2, 0.25) is 0 Å². The van der Waals surface area contributed by atoms with Crippen LogP contribution in [0.4, 0.5) is 0 Å². The van der Waals surface area contributed by atoms with Crippen molar-refractivity contribution < 1.29 is 14.2 Å². The summed E-state index contributed by atoms with van der Waals surface area (Å²) in [6.45, 7) is 4.10. The molecule has 1 unspecified atom stereocenters. The average Bonchev–Trinajstić information content (AvgIpc) is 2.99. The second-order valence-electron chi connectivity index (χ2n) is 5.08. The molecule has 4 heteroatoms. The molecule has 20 heavy (non-hydrogen) atoms. The van der Waals surface area contributed by atoms with Crippen LogP contribution in [0, 0.1) is 0 Å². The summed E-state index contributed by atoms with van der Waals surface area (Å²) in [5.74, 6) is 0.960. The molecule has 4 nitrogen and oxygen atoms in total. The lowest BCUT2D eigenvalue weighted by atomic mass is 10.2. The monoisotopic (exact) mass is 279 g/mol.